The quantitative estimate of drug-likeness (QED) is 0.868. The summed E-state index contributed by atoms with van der Waals surface area (Å²) >= 11 is 9.01. The molecule has 0 saturated heterocycles. The van der Waals surface area contributed by atoms with Gasteiger partial charge < -0.3 is 5.73 Å². The number of aromatic nitrogens is 1. The molecule has 0 fully saturated rings. The Bertz CT molecular complexity index is 548. The molecule has 2 aromatic rings. The average Bonchev–Trinajstić information content (AvgIpc) is 2.37. The van der Waals surface area contributed by atoms with Crippen LogP contribution in [0.2, 0.25) is 5.02 Å². The number of hydrogen-bond donors (Lipinski definition) is 1. The fourth-order valence-corrected chi connectivity index (χ4v) is 2.16. The fraction of sp³-hybridized carbons (Fsp3) is 0.154. The summed E-state index contributed by atoms with van der Waals surface area (Å²) in [7, 11) is 0. The van der Waals surface area contributed by atoms with Crippen LogP contribution >= 0.6 is 27.5 Å². The Kier molecular flexibility index (Phi) is 4.32. The van der Waals surface area contributed by atoms with Crippen molar-refractivity contribution in [1.29, 1.82) is 0 Å². The van der Waals surface area contributed by atoms with E-state index < -0.39 is 11.9 Å². The largest absolute Gasteiger partial charge is 0.324 e. The normalized spacial score (nSPS) is 12.4. The van der Waals surface area contributed by atoms with E-state index >= 15 is 0 Å². The first-order valence-corrected chi connectivity index (χ1v) is 6.55. The van der Waals surface area contributed by atoms with Crippen LogP contribution in [-0.2, 0) is 6.42 Å². The first kappa shape index (κ1) is 13.5. The van der Waals surface area contributed by atoms with Crippen molar-refractivity contribution in [3.8, 4) is 0 Å². The Morgan fingerprint density at radius 1 is 1.33 bits per heavy atom. The second-order valence-corrected chi connectivity index (χ2v) is 5.13. The number of nitrogens with two attached hydrogens (primary N) is 1. The van der Waals surface area contributed by atoms with Crippen LogP contribution in [0.15, 0.2) is 41.0 Å². The number of rotatable bonds is 3. The monoisotopic (exact) mass is 328 g/mol. The summed E-state index contributed by atoms with van der Waals surface area (Å²) in [4.78, 5) is 4.17. The topological polar surface area (TPSA) is 38.9 Å². The number of halogens is 3. The molecule has 0 aliphatic carbocycles. The highest BCUT2D eigenvalue weighted by molar-refractivity contribution is 9.10. The van der Waals surface area contributed by atoms with Crippen molar-refractivity contribution in [1.82, 2.24) is 4.98 Å². The van der Waals surface area contributed by atoms with E-state index in [2.05, 4.69) is 20.9 Å². The Morgan fingerprint density at radius 3 is 2.78 bits per heavy atom. The molecule has 1 unspecified atom stereocenters. The average molecular weight is 330 g/mol. The summed E-state index contributed by atoms with van der Waals surface area (Å²) in [5.41, 5.74) is 7.21. The molecular formula is C13H11BrClFN2. The van der Waals surface area contributed by atoms with Crippen LogP contribution in [0.3, 0.4) is 0 Å². The van der Waals surface area contributed by atoms with E-state index in [4.69, 9.17) is 17.3 Å². The standard InChI is InChI=1S/C13H11BrClFN2/c14-10-5-4-9(13(16)12(10)15)11(17)7-8-3-1-2-6-18-8/h1-6,11H,7,17H2. The van der Waals surface area contributed by atoms with Gasteiger partial charge >= 0.3 is 0 Å². The van der Waals surface area contributed by atoms with Gasteiger partial charge in [-0.3, -0.25) is 4.98 Å². The highest BCUT2D eigenvalue weighted by Gasteiger charge is 2.16. The predicted molar refractivity (Wildman–Crippen MR) is 74.0 cm³/mol. The van der Waals surface area contributed by atoms with E-state index in [1.165, 1.54) is 0 Å². The van der Waals surface area contributed by atoms with Crippen LogP contribution < -0.4 is 5.73 Å². The minimum atomic E-state index is -0.477. The number of pyridine rings is 1. The van der Waals surface area contributed by atoms with Gasteiger partial charge in [0.1, 0.15) is 5.82 Å². The van der Waals surface area contributed by atoms with Crippen molar-refractivity contribution < 1.29 is 4.39 Å². The molecule has 5 heteroatoms. The minimum Gasteiger partial charge on any atom is -0.324 e. The summed E-state index contributed by atoms with van der Waals surface area (Å²) < 4.78 is 14.5. The zero-order chi connectivity index (χ0) is 13.1. The van der Waals surface area contributed by atoms with Crippen LogP contribution in [0.25, 0.3) is 0 Å². The summed E-state index contributed by atoms with van der Waals surface area (Å²) in [5.74, 6) is -0.477. The van der Waals surface area contributed by atoms with Gasteiger partial charge in [-0.2, -0.15) is 0 Å². The van der Waals surface area contributed by atoms with Crippen molar-refractivity contribution in [3.05, 3.63) is 63.1 Å². The first-order valence-electron chi connectivity index (χ1n) is 5.38. The number of nitrogens with zero attached hydrogens (tertiary/aromatic N) is 1. The Labute approximate surface area is 118 Å². The second-order valence-electron chi connectivity index (χ2n) is 3.90. The molecule has 0 bridgehead atoms. The molecule has 0 spiro atoms. The molecule has 94 valence electrons. The van der Waals surface area contributed by atoms with Crippen LogP contribution in [0.4, 0.5) is 4.39 Å². The van der Waals surface area contributed by atoms with Gasteiger partial charge in [0, 0.05) is 34.4 Å². The highest BCUT2D eigenvalue weighted by Crippen LogP contribution is 2.30. The molecule has 0 saturated carbocycles. The maximum Gasteiger partial charge on any atom is 0.147 e. The maximum absolute atomic E-state index is 14.0. The van der Waals surface area contributed by atoms with Gasteiger partial charge in [-0.1, -0.05) is 23.7 Å². The third-order valence-electron chi connectivity index (χ3n) is 2.62. The van der Waals surface area contributed by atoms with Gasteiger partial charge in [-0.15, -0.1) is 0 Å². The summed E-state index contributed by atoms with van der Waals surface area (Å²) in [6.07, 6.45) is 2.16. The first-order chi connectivity index (χ1) is 8.59. The molecule has 2 N–H and O–H groups in total. The van der Waals surface area contributed by atoms with Crippen molar-refractivity contribution in [2.75, 3.05) is 0 Å². The zero-order valence-electron chi connectivity index (χ0n) is 9.41. The molecule has 18 heavy (non-hydrogen) atoms. The lowest BCUT2D eigenvalue weighted by Gasteiger charge is -2.13. The molecule has 0 radical (unpaired) electrons. The smallest absolute Gasteiger partial charge is 0.147 e. The molecule has 0 aliphatic heterocycles. The predicted octanol–water partition coefficient (Wildman–Crippen LogP) is 3.88. The molecular weight excluding hydrogens is 319 g/mol. The van der Waals surface area contributed by atoms with Gasteiger partial charge in [0.2, 0.25) is 0 Å². The Hall–Kier alpha value is -0.970. The van der Waals surface area contributed by atoms with Crippen molar-refractivity contribution >= 4 is 27.5 Å². The van der Waals surface area contributed by atoms with Crippen molar-refractivity contribution in [2.24, 2.45) is 5.73 Å². The lowest BCUT2D eigenvalue weighted by atomic mass is 10.0. The molecule has 1 atom stereocenters. The zero-order valence-corrected chi connectivity index (χ0v) is 11.7. The van der Waals surface area contributed by atoms with E-state index in [1.807, 2.05) is 18.2 Å². The molecule has 2 rings (SSSR count). The van der Waals surface area contributed by atoms with E-state index in [0.29, 0.717) is 16.5 Å². The van der Waals surface area contributed by atoms with E-state index in [0.717, 1.165) is 5.69 Å². The summed E-state index contributed by atoms with van der Waals surface area (Å²) in [6, 6.07) is 8.42. The van der Waals surface area contributed by atoms with E-state index in [1.54, 1.807) is 18.3 Å². The lowest BCUT2D eigenvalue weighted by molar-refractivity contribution is 0.577. The van der Waals surface area contributed by atoms with Crippen LogP contribution in [0, 0.1) is 5.82 Å². The van der Waals surface area contributed by atoms with Crippen molar-refractivity contribution in [2.45, 2.75) is 12.5 Å². The molecule has 1 heterocycles. The second kappa shape index (κ2) is 5.78. The molecule has 1 aromatic carbocycles. The van der Waals surface area contributed by atoms with Gasteiger partial charge in [0.05, 0.1) is 5.02 Å². The number of hydrogen-bond acceptors (Lipinski definition) is 2. The van der Waals surface area contributed by atoms with E-state index in [9.17, 15) is 4.39 Å². The minimum absolute atomic E-state index is 0.0592. The molecule has 1 aromatic heterocycles. The van der Waals surface area contributed by atoms with Crippen LogP contribution in [-0.4, -0.2) is 4.98 Å². The maximum atomic E-state index is 14.0. The molecule has 0 aliphatic rings. The highest BCUT2D eigenvalue weighted by atomic mass is 79.9. The SMILES string of the molecule is NC(Cc1ccccn1)c1ccc(Br)c(Cl)c1F. The summed E-state index contributed by atoms with van der Waals surface area (Å²) in [6.45, 7) is 0. The third kappa shape index (κ3) is 2.88. The van der Waals surface area contributed by atoms with Gasteiger partial charge in [-0.25, -0.2) is 4.39 Å². The Morgan fingerprint density at radius 2 is 2.11 bits per heavy atom. The summed E-state index contributed by atoms with van der Waals surface area (Å²) in [5, 5.41) is 0.0592. The van der Waals surface area contributed by atoms with Gasteiger partial charge in [0.25, 0.3) is 0 Å². The van der Waals surface area contributed by atoms with Gasteiger partial charge in [0.15, 0.2) is 0 Å². The fourth-order valence-electron chi connectivity index (χ4n) is 1.68. The van der Waals surface area contributed by atoms with Gasteiger partial charge in [-0.05, 0) is 34.1 Å². The molecule has 2 nitrogen and oxygen atoms in total. The lowest BCUT2D eigenvalue weighted by Crippen LogP contribution is -2.16. The molecule has 0 amide bonds. The van der Waals surface area contributed by atoms with Crippen LogP contribution in [0.1, 0.15) is 17.3 Å². The number of benzene rings is 1. The van der Waals surface area contributed by atoms with Crippen molar-refractivity contribution in [3.63, 3.8) is 0 Å². The van der Waals surface area contributed by atoms with Crippen LogP contribution in [0.5, 0.6) is 0 Å². The van der Waals surface area contributed by atoms with E-state index in [-0.39, 0.29) is 5.02 Å². The Balaban J connectivity index is 2.24. The third-order valence-corrected chi connectivity index (χ3v) is 3.88.